The predicted octanol–water partition coefficient (Wildman–Crippen LogP) is 3.06. The van der Waals surface area contributed by atoms with Gasteiger partial charge in [0.15, 0.2) is 0 Å². The maximum Gasteiger partial charge on any atom is 0.243 e. The molecule has 0 radical (unpaired) electrons. The zero-order chi connectivity index (χ0) is 13.9. The summed E-state index contributed by atoms with van der Waals surface area (Å²) < 4.78 is 26.8. The molecule has 1 fully saturated rings. The average molecular weight is 281 g/mol. The second kappa shape index (κ2) is 6.06. The summed E-state index contributed by atoms with van der Waals surface area (Å²) in [5.74, 6) is 0.627. The summed E-state index contributed by atoms with van der Waals surface area (Å²) in [7, 11) is -3.30. The SMILES string of the molecule is CCc1ccc(S(=O)(=O)N2CCCC(C)CC2)cc1. The Morgan fingerprint density at radius 1 is 1.16 bits per heavy atom. The lowest BCUT2D eigenvalue weighted by atomic mass is 10.0. The van der Waals surface area contributed by atoms with E-state index in [1.165, 1.54) is 5.56 Å². The first-order chi connectivity index (χ1) is 9.04. The molecule has 106 valence electrons. The van der Waals surface area contributed by atoms with E-state index in [0.717, 1.165) is 25.7 Å². The number of benzene rings is 1. The molecule has 1 saturated heterocycles. The van der Waals surface area contributed by atoms with Crippen molar-refractivity contribution < 1.29 is 8.42 Å². The molecule has 0 saturated carbocycles. The van der Waals surface area contributed by atoms with Crippen LogP contribution in [0, 0.1) is 5.92 Å². The second-order valence-corrected chi connectivity index (χ2v) is 7.38. The number of hydrogen-bond acceptors (Lipinski definition) is 2. The van der Waals surface area contributed by atoms with Gasteiger partial charge >= 0.3 is 0 Å². The molecule has 1 unspecified atom stereocenters. The van der Waals surface area contributed by atoms with Gasteiger partial charge in [0.25, 0.3) is 0 Å². The van der Waals surface area contributed by atoms with Gasteiger partial charge in [-0.15, -0.1) is 0 Å². The third kappa shape index (κ3) is 3.37. The molecule has 0 amide bonds. The van der Waals surface area contributed by atoms with E-state index in [1.54, 1.807) is 16.4 Å². The van der Waals surface area contributed by atoms with Crippen molar-refractivity contribution in [3.8, 4) is 0 Å². The van der Waals surface area contributed by atoms with Crippen LogP contribution in [-0.4, -0.2) is 25.8 Å². The lowest BCUT2D eigenvalue weighted by Crippen LogP contribution is -2.32. The highest BCUT2D eigenvalue weighted by Crippen LogP contribution is 2.23. The molecule has 0 spiro atoms. The largest absolute Gasteiger partial charge is 0.243 e. The first-order valence-electron chi connectivity index (χ1n) is 7.13. The lowest BCUT2D eigenvalue weighted by molar-refractivity contribution is 0.417. The summed E-state index contributed by atoms with van der Waals surface area (Å²) in [5.41, 5.74) is 1.17. The Morgan fingerprint density at radius 2 is 1.84 bits per heavy atom. The Bertz CT molecular complexity index is 507. The van der Waals surface area contributed by atoms with Crippen molar-refractivity contribution in [3.63, 3.8) is 0 Å². The molecular formula is C15H23NO2S. The summed E-state index contributed by atoms with van der Waals surface area (Å²) in [6, 6.07) is 7.30. The van der Waals surface area contributed by atoms with Crippen LogP contribution in [0.4, 0.5) is 0 Å². The molecule has 1 aliphatic heterocycles. The molecule has 0 N–H and O–H groups in total. The van der Waals surface area contributed by atoms with Crippen molar-refractivity contribution in [1.29, 1.82) is 0 Å². The number of aryl methyl sites for hydroxylation is 1. The number of sulfonamides is 1. The van der Waals surface area contributed by atoms with Gasteiger partial charge in [-0.3, -0.25) is 0 Å². The first kappa shape index (κ1) is 14.5. The van der Waals surface area contributed by atoms with Crippen LogP contribution in [-0.2, 0) is 16.4 Å². The van der Waals surface area contributed by atoms with Crippen molar-refractivity contribution in [1.82, 2.24) is 4.31 Å². The van der Waals surface area contributed by atoms with E-state index in [0.29, 0.717) is 23.9 Å². The second-order valence-electron chi connectivity index (χ2n) is 5.44. The summed E-state index contributed by atoms with van der Waals surface area (Å²) >= 11 is 0. The zero-order valence-electron chi connectivity index (χ0n) is 11.8. The van der Waals surface area contributed by atoms with Crippen molar-refractivity contribution in [2.24, 2.45) is 5.92 Å². The Kier molecular flexibility index (Phi) is 4.63. The minimum absolute atomic E-state index is 0.430. The maximum absolute atomic E-state index is 12.6. The molecule has 19 heavy (non-hydrogen) atoms. The summed E-state index contributed by atoms with van der Waals surface area (Å²) in [6.45, 7) is 5.58. The molecule has 1 atom stereocenters. The molecule has 2 rings (SSSR count). The van der Waals surface area contributed by atoms with Gasteiger partial charge in [0, 0.05) is 13.1 Å². The third-order valence-corrected chi connectivity index (χ3v) is 5.86. The molecule has 1 aromatic carbocycles. The van der Waals surface area contributed by atoms with Crippen molar-refractivity contribution in [3.05, 3.63) is 29.8 Å². The first-order valence-corrected chi connectivity index (χ1v) is 8.57. The lowest BCUT2D eigenvalue weighted by Gasteiger charge is -2.20. The number of hydrogen-bond donors (Lipinski definition) is 0. The molecule has 3 nitrogen and oxygen atoms in total. The van der Waals surface area contributed by atoms with Crippen LogP contribution in [0.5, 0.6) is 0 Å². The molecule has 0 aromatic heterocycles. The molecule has 1 aromatic rings. The molecule has 1 aliphatic rings. The summed E-state index contributed by atoms with van der Waals surface area (Å²) in [5, 5.41) is 0. The van der Waals surface area contributed by atoms with Gasteiger partial charge in [-0.1, -0.05) is 26.0 Å². The van der Waals surface area contributed by atoms with Crippen LogP contribution in [0.1, 0.15) is 38.7 Å². The van der Waals surface area contributed by atoms with E-state index >= 15 is 0 Å². The monoisotopic (exact) mass is 281 g/mol. The standard InChI is InChI=1S/C15H23NO2S/c1-3-14-6-8-15(9-7-14)19(17,18)16-11-4-5-13(2)10-12-16/h6-9,13H,3-5,10-12H2,1-2H3. The average Bonchev–Trinajstić information content (AvgIpc) is 2.64. The smallest absolute Gasteiger partial charge is 0.207 e. The van der Waals surface area contributed by atoms with Crippen LogP contribution in [0.2, 0.25) is 0 Å². The summed E-state index contributed by atoms with van der Waals surface area (Å²) in [4.78, 5) is 0.430. The minimum atomic E-state index is -3.30. The van der Waals surface area contributed by atoms with Gasteiger partial charge in [0.2, 0.25) is 10.0 Å². The van der Waals surface area contributed by atoms with Gasteiger partial charge in [0.05, 0.1) is 4.90 Å². The highest BCUT2D eigenvalue weighted by molar-refractivity contribution is 7.89. The topological polar surface area (TPSA) is 37.4 Å². The van der Waals surface area contributed by atoms with Gasteiger partial charge in [-0.05, 0) is 49.3 Å². The third-order valence-electron chi connectivity index (χ3n) is 3.95. The van der Waals surface area contributed by atoms with Crippen LogP contribution >= 0.6 is 0 Å². The van der Waals surface area contributed by atoms with Crippen LogP contribution in [0.3, 0.4) is 0 Å². The Hall–Kier alpha value is -0.870. The molecule has 4 heteroatoms. The summed E-state index contributed by atoms with van der Waals surface area (Å²) in [6.07, 6.45) is 3.99. The van der Waals surface area contributed by atoms with Crippen molar-refractivity contribution in [2.75, 3.05) is 13.1 Å². The highest BCUT2D eigenvalue weighted by Gasteiger charge is 2.26. The van der Waals surface area contributed by atoms with Crippen molar-refractivity contribution in [2.45, 2.75) is 44.4 Å². The van der Waals surface area contributed by atoms with Gasteiger partial charge < -0.3 is 0 Å². The van der Waals surface area contributed by atoms with Crippen LogP contribution < -0.4 is 0 Å². The molecule has 0 bridgehead atoms. The van der Waals surface area contributed by atoms with Gasteiger partial charge in [0.1, 0.15) is 0 Å². The minimum Gasteiger partial charge on any atom is -0.207 e. The molecule has 1 heterocycles. The Balaban J connectivity index is 2.20. The zero-order valence-corrected chi connectivity index (χ0v) is 12.6. The highest BCUT2D eigenvalue weighted by atomic mass is 32.2. The normalized spacial score (nSPS) is 22.1. The molecular weight excluding hydrogens is 258 g/mol. The van der Waals surface area contributed by atoms with Gasteiger partial charge in [-0.25, -0.2) is 8.42 Å². The van der Waals surface area contributed by atoms with E-state index in [-0.39, 0.29) is 0 Å². The predicted molar refractivity (Wildman–Crippen MR) is 77.6 cm³/mol. The fraction of sp³-hybridized carbons (Fsp3) is 0.600. The molecule has 0 aliphatic carbocycles. The van der Waals surface area contributed by atoms with E-state index in [1.807, 2.05) is 12.1 Å². The van der Waals surface area contributed by atoms with E-state index in [4.69, 9.17) is 0 Å². The Morgan fingerprint density at radius 3 is 2.47 bits per heavy atom. The maximum atomic E-state index is 12.6. The van der Waals surface area contributed by atoms with Crippen LogP contribution in [0.15, 0.2) is 29.2 Å². The van der Waals surface area contributed by atoms with Crippen molar-refractivity contribution >= 4 is 10.0 Å². The Labute approximate surface area is 116 Å². The fourth-order valence-electron chi connectivity index (χ4n) is 2.52. The van der Waals surface area contributed by atoms with E-state index in [2.05, 4.69) is 13.8 Å². The number of rotatable bonds is 3. The van der Waals surface area contributed by atoms with E-state index < -0.39 is 10.0 Å². The van der Waals surface area contributed by atoms with Crippen LogP contribution in [0.25, 0.3) is 0 Å². The van der Waals surface area contributed by atoms with Gasteiger partial charge in [-0.2, -0.15) is 4.31 Å². The van der Waals surface area contributed by atoms with E-state index in [9.17, 15) is 8.42 Å². The fourth-order valence-corrected chi connectivity index (χ4v) is 4.02. The number of nitrogens with zero attached hydrogens (tertiary/aromatic N) is 1. The quantitative estimate of drug-likeness (QED) is 0.854.